The van der Waals surface area contributed by atoms with E-state index in [2.05, 4.69) is 15.9 Å². The summed E-state index contributed by atoms with van der Waals surface area (Å²) in [6.45, 7) is 1.76. The maximum atomic E-state index is 13.3. The molecule has 0 heterocycles. The van der Waals surface area contributed by atoms with Crippen LogP contribution in [0.15, 0.2) is 40.9 Å². The second kappa shape index (κ2) is 6.70. The molecule has 2 rings (SSSR count). The highest BCUT2D eigenvalue weighted by Gasteiger charge is 2.10. The van der Waals surface area contributed by atoms with Gasteiger partial charge in [-0.05, 0) is 48.9 Å². The molecule has 108 valence electrons. The zero-order valence-electron chi connectivity index (χ0n) is 11.3. The fourth-order valence-corrected chi connectivity index (χ4v) is 2.32. The van der Waals surface area contributed by atoms with Crippen molar-refractivity contribution < 1.29 is 14.2 Å². The number of aliphatic hydroxyl groups excluding tert-OH is 1. The van der Waals surface area contributed by atoms with Gasteiger partial charge in [0.25, 0.3) is 0 Å². The lowest BCUT2D eigenvalue weighted by atomic mass is 10.1. The van der Waals surface area contributed by atoms with E-state index in [1.54, 1.807) is 31.2 Å². The van der Waals surface area contributed by atoms with E-state index in [4.69, 9.17) is 10.00 Å². The van der Waals surface area contributed by atoms with Gasteiger partial charge in [0, 0.05) is 10.0 Å². The number of hydrogen-bond donors (Lipinski definition) is 1. The van der Waals surface area contributed by atoms with Gasteiger partial charge in [-0.2, -0.15) is 5.26 Å². The fraction of sp³-hybridized carbons (Fsp3) is 0.188. The predicted octanol–water partition coefficient (Wildman–Crippen LogP) is 4.09. The molecule has 0 unspecified atom stereocenters. The number of rotatable bonds is 4. The van der Waals surface area contributed by atoms with Gasteiger partial charge in [-0.15, -0.1) is 0 Å². The molecule has 5 heteroatoms. The summed E-state index contributed by atoms with van der Waals surface area (Å²) in [6.07, 6.45) is -0.681. The Morgan fingerprint density at radius 1 is 1.33 bits per heavy atom. The maximum Gasteiger partial charge on any atom is 0.125 e. The highest BCUT2D eigenvalue weighted by Crippen LogP contribution is 2.29. The molecule has 3 nitrogen and oxygen atoms in total. The lowest BCUT2D eigenvalue weighted by Gasteiger charge is -2.14. The van der Waals surface area contributed by atoms with Crippen LogP contribution in [-0.2, 0) is 6.61 Å². The van der Waals surface area contributed by atoms with Gasteiger partial charge < -0.3 is 9.84 Å². The standard InChI is InChI=1S/C16H13BrFNO2/c1-10(20)15-7-13(17)2-3-16(15)21-9-12-4-11(8-19)5-14(18)6-12/h2-7,10,20H,9H2,1H3/t10-/m1/s1. The van der Waals surface area contributed by atoms with E-state index >= 15 is 0 Å². The van der Waals surface area contributed by atoms with Crippen LogP contribution in [0.1, 0.15) is 29.7 Å². The smallest absolute Gasteiger partial charge is 0.125 e. The largest absolute Gasteiger partial charge is 0.489 e. The molecule has 2 aromatic carbocycles. The lowest BCUT2D eigenvalue weighted by molar-refractivity contribution is 0.190. The van der Waals surface area contributed by atoms with Crippen molar-refractivity contribution in [2.24, 2.45) is 0 Å². The van der Waals surface area contributed by atoms with Gasteiger partial charge in [-0.1, -0.05) is 15.9 Å². The van der Waals surface area contributed by atoms with Crippen LogP contribution in [0.3, 0.4) is 0 Å². The van der Waals surface area contributed by atoms with Crippen molar-refractivity contribution in [2.45, 2.75) is 19.6 Å². The van der Waals surface area contributed by atoms with E-state index in [-0.39, 0.29) is 12.2 Å². The van der Waals surface area contributed by atoms with Crippen molar-refractivity contribution in [1.82, 2.24) is 0 Å². The summed E-state index contributed by atoms with van der Waals surface area (Å²) in [7, 11) is 0. The molecule has 0 fully saturated rings. The van der Waals surface area contributed by atoms with Crippen LogP contribution in [0.4, 0.5) is 4.39 Å². The lowest BCUT2D eigenvalue weighted by Crippen LogP contribution is -2.02. The molecule has 21 heavy (non-hydrogen) atoms. The van der Waals surface area contributed by atoms with Crippen LogP contribution in [-0.4, -0.2) is 5.11 Å². The molecule has 1 atom stereocenters. The van der Waals surface area contributed by atoms with Gasteiger partial charge in [0.1, 0.15) is 18.2 Å². The number of nitriles is 1. The third-order valence-corrected chi connectivity index (χ3v) is 3.40. The molecule has 1 N–H and O–H groups in total. The van der Waals surface area contributed by atoms with Crippen molar-refractivity contribution in [3.05, 3.63) is 63.4 Å². The van der Waals surface area contributed by atoms with Crippen LogP contribution < -0.4 is 4.74 Å². The highest BCUT2D eigenvalue weighted by molar-refractivity contribution is 9.10. The van der Waals surface area contributed by atoms with Crippen molar-refractivity contribution in [2.75, 3.05) is 0 Å². The van der Waals surface area contributed by atoms with Crippen molar-refractivity contribution >= 4 is 15.9 Å². The van der Waals surface area contributed by atoms with E-state index in [9.17, 15) is 9.50 Å². The van der Waals surface area contributed by atoms with Gasteiger partial charge >= 0.3 is 0 Å². The summed E-state index contributed by atoms with van der Waals surface area (Å²) in [4.78, 5) is 0. The first kappa shape index (κ1) is 15.5. The zero-order valence-corrected chi connectivity index (χ0v) is 12.9. The normalized spacial score (nSPS) is 11.8. The van der Waals surface area contributed by atoms with E-state index in [1.165, 1.54) is 12.1 Å². The summed E-state index contributed by atoms with van der Waals surface area (Å²) < 4.78 is 19.8. The van der Waals surface area contributed by atoms with Gasteiger partial charge in [-0.3, -0.25) is 0 Å². The van der Waals surface area contributed by atoms with Crippen molar-refractivity contribution in [3.8, 4) is 11.8 Å². The second-order valence-electron chi connectivity index (χ2n) is 4.61. The molecule has 0 radical (unpaired) electrons. The Bertz CT molecular complexity index is 695. The first-order valence-electron chi connectivity index (χ1n) is 6.29. The Morgan fingerprint density at radius 2 is 2.10 bits per heavy atom. The van der Waals surface area contributed by atoms with Gasteiger partial charge in [-0.25, -0.2) is 4.39 Å². The molecule has 0 aliphatic carbocycles. The van der Waals surface area contributed by atoms with Crippen LogP contribution in [0.5, 0.6) is 5.75 Å². The summed E-state index contributed by atoms with van der Waals surface area (Å²) in [5, 5.41) is 18.6. The van der Waals surface area contributed by atoms with E-state index in [1.807, 2.05) is 6.07 Å². The Hall–Kier alpha value is -1.90. The summed E-state index contributed by atoms with van der Waals surface area (Å²) >= 11 is 3.34. The average molecular weight is 350 g/mol. The number of ether oxygens (including phenoxy) is 1. The molecule has 0 saturated carbocycles. The minimum absolute atomic E-state index is 0.119. The third-order valence-electron chi connectivity index (χ3n) is 2.90. The molecular weight excluding hydrogens is 337 g/mol. The van der Waals surface area contributed by atoms with Crippen LogP contribution in [0.2, 0.25) is 0 Å². The number of hydrogen-bond acceptors (Lipinski definition) is 3. The van der Waals surface area contributed by atoms with Crippen LogP contribution in [0, 0.1) is 17.1 Å². The van der Waals surface area contributed by atoms with Crippen LogP contribution >= 0.6 is 15.9 Å². The number of nitrogens with zero attached hydrogens (tertiary/aromatic N) is 1. The molecule has 0 amide bonds. The SMILES string of the molecule is C[C@@H](O)c1cc(Br)ccc1OCc1cc(F)cc(C#N)c1. The maximum absolute atomic E-state index is 13.3. The Labute approximate surface area is 130 Å². The fourth-order valence-electron chi connectivity index (χ4n) is 1.94. The number of benzene rings is 2. The first-order valence-corrected chi connectivity index (χ1v) is 7.09. The zero-order chi connectivity index (χ0) is 15.4. The quantitative estimate of drug-likeness (QED) is 0.904. The Kier molecular flexibility index (Phi) is 4.94. The average Bonchev–Trinajstić information content (AvgIpc) is 2.45. The van der Waals surface area contributed by atoms with Gasteiger partial charge in [0.05, 0.1) is 17.7 Å². The van der Waals surface area contributed by atoms with Gasteiger partial charge in [0.2, 0.25) is 0 Å². The van der Waals surface area contributed by atoms with E-state index in [0.29, 0.717) is 16.9 Å². The molecule has 2 aromatic rings. The second-order valence-corrected chi connectivity index (χ2v) is 5.52. The summed E-state index contributed by atoms with van der Waals surface area (Å²) in [5.74, 6) is 0.0511. The van der Waals surface area contributed by atoms with Gasteiger partial charge in [0.15, 0.2) is 0 Å². The van der Waals surface area contributed by atoms with E-state index < -0.39 is 11.9 Å². The summed E-state index contributed by atoms with van der Waals surface area (Å²) in [5.41, 5.74) is 1.45. The molecule has 0 spiro atoms. The predicted molar refractivity (Wildman–Crippen MR) is 80.2 cm³/mol. The minimum Gasteiger partial charge on any atom is -0.489 e. The highest BCUT2D eigenvalue weighted by atomic mass is 79.9. The summed E-state index contributed by atoms with van der Waals surface area (Å²) in [6, 6.07) is 11.3. The molecule has 0 aliphatic rings. The van der Waals surface area contributed by atoms with Crippen LogP contribution in [0.25, 0.3) is 0 Å². The first-order chi connectivity index (χ1) is 9.99. The topological polar surface area (TPSA) is 53.2 Å². The molecule has 0 aliphatic heterocycles. The van der Waals surface area contributed by atoms with E-state index in [0.717, 1.165) is 4.47 Å². The molecule has 0 aromatic heterocycles. The molecule has 0 saturated heterocycles. The molecular formula is C16H13BrFNO2. The Morgan fingerprint density at radius 3 is 2.76 bits per heavy atom. The number of halogens is 2. The molecule has 0 bridgehead atoms. The number of aliphatic hydroxyl groups is 1. The monoisotopic (exact) mass is 349 g/mol. The van der Waals surface area contributed by atoms with Crippen molar-refractivity contribution in [1.29, 1.82) is 5.26 Å². The van der Waals surface area contributed by atoms with Crippen molar-refractivity contribution in [3.63, 3.8) is 0 Å². The third kappa shape index (κ3) is 4.03. The Balaban J connectivity index is 2.21. The minimum atomic E-state index is -0.681.